The number of piperazine rings is 1. The zero-order valence-corrected chi connectivity index (χ0v) is 14.1. The SMILES string of the molecule is Cc1cc(S(=O)(=O)N2CCN(C)C(C)(C)C2)ccc1CN. The Morgan fingerprint density at radius 2 is 1.95 bits per heavy atom. The summed E-state index contributed by atoms with van der Waals surface area (Å²) in [5, 5.41) is 0. The van der Waals surface area contributed by atoms with E-state index in [1.807, 2.05) is 20.0 Å². The molecule has 1 fully saturated rings. The fourth-order valence-corrected chi connectivity index (χ4v) is 4.28. The molecule has 0 amide bonds. The van der Waals surface area contributed by atoms with Crippen LogP contribution >= 0.6 is 0 Å². The summed E-state index contributed by atoms with van der Waals surface area (Å²) in [5.74, 6) is 0. The molecule has 1 heterocycles. The number of nitrogens with two attached hydrogens (primary N) is 1. The summed E-state index contributed by atoms with van der Waals surface area (Å²) in [6.45, 7) is 8.23. The Morgan fingerprint density at radius 3 is 2.48 bits per heavy atom. The number of nitrogens with zero attached hydrogens (tertiary/aromatic N) is 2. The van der Waals surface area contributed by atoms with Gasteiger partial charge in [0.2, 0.25) is 10.0 Å². The number of sulfonamides is 1. The van der Waals surface area contributed by atoms with Crippen LogP contribution in [0.1, 0.15) is 25.0 Å². The topological polar surface area (TPSA) is 66.6 Å². The molecular formula is C15H25N3O2S. The normalized spacial score (nSPS) is 20.6. The highest BCUT2D eigenvalue weighted by Gasteiger charge is 2.37. The van der Waals surface area contributed by atoms with Gasteiger partial charge in [0.05, 0.1) is 4.90 Å². The largest absolute Gasteiger partial charge is 0.326 e. The first kappa shape index (κ1) is 16.4. The fraction of sp³-hybridized carbons (Fsp3) is 0.600. The van der Waals surface area contributed by atoms with E-state index in [1.54, 1.807) is 16.4 Å². The molecule has 0 atom stereocenters. The molecule has 2 rings (SSSR count). The van der Waals surface area contributed by atoms with Crippen molar-refractivity contribution in [2.24, 2.45) is 5.73 Å². The van der Waals surface area contributed by atoms with Crippen LogP contribution in [-0.4, -0.2) is 49.8 Å². The number of aryl methyl sites for hydroxylation is 1. The average molecular weight is 311 g/mol. The number of hydrogen-bond acceptors (Lipinski definition) is 4. The molecule has 1 aliphatic heterocycles. The highest BCUT2D eigenvalue weighted by atomic mass is 32.2. The molecule has 1 aromatic carbocycles. The molecule has 2 N–H and O–H groups in total. The maximum Gasteiger partial charge on any atom is 0.243 e. The molecule has 6 heteroatoms. The molecule has 0 aromatic heterocycles. The van der Waals surface area contributed by atoms with Crippen LogP contribution in [0.5, 0.6) is 0 Å². The molecule has 0 aliphatic carbocycles. The Labute approximate surface area is 127 Å². The third-order valence-corrected chi connectivity index (χ3v) is 6.29. The van der Waals surface area contributed by atoms with Gasteiger partial charge in [-0.25, -0.2) is 8.42 Å². The maximum atomic E-state index is 12.8. The lowest BCUT2D eigenvalue weighted by Crippen LogP contribution is -2.58. The van der Waals surface area contributed by atoms with E-state index in [-0.39, 0.29) is 5.54 Å². The summed E-state index contributed by atoms with van der Waals surface area (Å²) < 4.78 is 27.2. The molecule has 0 saturated carbocycles. The van der Waals surface area contributed by atoms with Gasteiger partial charge in [0.25, 0.3) is 0 Å². The van der Waals surface area contributed by atoms with Crippen LogP contribution in [0.2, 0.25) is 0 Å². The van der Waals surface area contributed by atoms with Crippen molar-refractivity contribution in [3.63, 3.8) is 0 Å². The molecule has 0 radical (unpaired) electrons. The van der Waals surface area contributed by atoms with Crippen LogP contribution in [0.25, 0.3) is 0 Å². The monoisotopic (exact) mass is 311 g/mol. The Bertz CT molecular complexity index is 626. The first-order chi connectivity index (χ1) is 9.68. The summed E-state index contributed by atoms with van der Waals surface area (Å²) in [4.78, 5) is 2.56. The van der Waals surface area contributed by atoms with E-state index in [2.05, 4.69) is 18.7 Å². The van der Waals surface area contributed by atoms with E-state index in [0.29, 0.717) is 24.5 Å². The van der Waals surface area contributed by atoms with Gasteiger partial charge in [-0.15, -0.1) is 0 Å². The van der Waals surface area contributed by atoms with Crippen molar-refractivity contribution in [1.29, 1.82) is 0 Å². The maximum absolute atomic E-state index is 12.8. The summed E-state index contributed by atoms with van der Waals surface area (Å²) in [6, 6.07) is 5.20. The molecule has 0 spiro atoms. The molecule has 0 bridgehead atoms. The average Bonchev–Trinajstić information content (AvgIpc) is 2.41. The molecule has 21 heavy (non-hydrogen) atoms. The third kappa shape index (κ3) is 3.13. The minimum absolute atomic E-state index is 0.155. The van der Waals surface area contributed by atoms with E-state index < -0.39 is 10.0 Å². The smallest absolute Gasteiger partial charge is 0.243 e. The van der Waals surface area contributed by atoms with Crippen LogP contribution < -0.4 is 5.73 Å². The van der Waals surface area contributed by atoms with Gasteiger partial charge in [-0.2, -0.15) is 4.31 Å². The van der Waals surface area contributed by atoms with Crippen molar-refractivity contribution >= 4 is 10.0 Å². The van der Waals surface area contributed by atoms with Crippen molar-refractivity contribution in [2.75, 3.05) is 26.7 Å². The molecule has 1 saturated heterocycles. The predicted molar refractivity (Wildman–Crippen MR) is 84.5 cm³/mol. The summed E-state index contributed by atoms with van der Waals surface area (Å²) in [7, 11) is -1.41. The highest BCUT2D eigenvalue weighted by Crippen LogP contribution is 2.25. The second-order valence-electron chi connectivity index (χ2n) is 6.36. The van der Waals surface area contributed by atoms with Crippen molar-refractivity contribution < 1.29 is 8.42 Å². The standard InChI is InChI=1S/C15H25N3O2S/c1-12-9-14(6-5-13(12)10-16)21(19,20)18-8-7-17(4)15(2,3)11-18/h5-6,9H,7-8,10-11,16H2,1-4H3. The van der Waals surface area contributed by atoms with E-state index in [9.17, 15) is 8.42 Å². The molecule has 5 nitrogen and oxygen atoms in total. The summed E-state index contributed by atoms with van der Waals surface area (Å²) in [6.07, 6.45) is 0. The van der Waals surface area contributed by atoms with Gasteiger partial charge in [0.1, 0.15) is 0 Å². The van der Waals surface area contributed by atoms with Crippen molar-refractivity contribution in [3.8, 4) is 0 Å². The second kappa shape index (κ2) is 5.68. The fourth-order valence-electron chi connectivity index (χ4n) is 2.61. The molecule has 1 aliphatic rings. The first-order valence-electron chi connectivity index (χ1n) is 7.19. The van der Waals surface area contributed by atoms with Gasteiger partial charge >= 0.3 is 0 Å². The third-order valence-electron chi connectivity index (χ3n) is 4.45. The van der Waals surface area contributed by atoms with Gasteiger partial charge in [-0.05, 0) is 51.1 Å². The van der Waals surface area contributed by atoms with Gasteiger partial charge in [0.15, 0.2) is 0 Å². The lowest BCUT2D eigenvalue weighted by atomic mass is 10.0. The van der Waals surface area contributed by atoms with Gasteiger partial charge in [-0.1, -0.05) is 6.07 Å². The second-order valence-corrected chi connectivity index (χ2v) is 8.30. The van der Waals surface area contributed by atoms with Crippen molar-refractivity contribution in [2.45, 2.75) is 37.8 Å². The van der Waals surface area contributed by atoms with Crippen LogP contribution in [0.15, 0.2) is 23.1 Å². The first-order valence-corrected chi connectivity index (χ1v) is 8.63. The number of likely N-dealkylation sites (N-methyl/N-ethyl adjacent to an activating group) is 1. The molecule has 0 unspecified atom stereocenters. The minimum atomic E-state index is -3.44. The van der Waals surface area contributed by atoms with Gasteiger partial charge in [-0.3, -0.25) is 4.90 Å². The summed E-state index contributed by atoms with van der Waals surface area (Å²) >= 11 is 0. The van der Waals surface area contributed by atoms with Crippen molar-refractivity contribution in [1.82, 2.24) is 9.21 Å². The van der Waals surface area contributed by atoms with Crippen LogP contribution in [0.3, 0.4) is 0 Å². The zero-order chi connectivity index (χ0) is 15.8. The Hall–Kier alpha value is -0.950. The van der Waals surface area contributed by atoms with Crippen molar-refractivity contribution in [3.05, 3.63) is 29.3 Å². The highest BCUT2D eigenvalue weighted by molar-refractivity contribution is 7.89. The quantitative estimate of drug-likeness (QED) is 0.910. The molecule has 118 valence electrons. The molecule has 1 aromatic rings. The van der Waals surface area contributed by atoms with E-state index >= 15 is 0 Å². The summed E-state index contributed by atoms with van der Waals surface area (Å²) in [5.41, 5.74) is 7.39. The number of rotatable bonds is 3. The lowest BCUT2D eigenvalue weighted by molar-refractivity contribution is 0.0801. The van der Waals surface area contributed by atoms with E-state index in [4.69, 9.17) is 5.73 Å². The minimum Gasteiger partial charge on any atom is -0.326 e. The Balaban J connectivity index is 2.32. The molecular weight excluding hydrogens is 286 g/mol. The number of hydrogen-bond donors (Lipinski definition) is 1. The van der Waals surface area contributed by atoms with Crippen LogP contribution in [0.4, 0.5) is 0 Å². The van der Waals surface area contributed by atoms with Crippen LogP contribution in [0, 0.1) is 6.92 Å². The van der Waals surface area contributed by atoms with E-state index in [1.165, 1.54) is 0 Å². The predicted octanol–water partition coefficient (Wildman–Crippen LogP) is 1.17. The van der Waals surface area contributed by atoms with Gasteiger partial charge < -0.3 is 5.73 Å². The number of benzene rings is 1. The van der Waals surface area contributed by atoms with Crippen LogP contribution in [-0.2, 0) is 16.6 Å². The zero-order valence-electron chi connectivity index (χ0n) is 13.3. The van der Waals surface area contributed by atoms with Gasteiger partial charge in [0, 0.05) is 31.7 Å². The lowest BCUT2D eigenvalue weighted by Gasteiger charge is -2.44. The van der Waals surface area contributed by atoms with E-state index in [0.717, 1.165) is 17.7 Å². The Kier molecular flexibility index (Phi) is 4.44. The Morgan fingerprint density at radius 1 is 1.29 bits per heavy atom.